The van der Waals surface area contributed by atoms with Gasteiger partial charge in [-0.1, -0.05) is 31.2 Å². The monoisotopic (exact) mass is 330 g/mol. The van der Waals surface area contributed by atoms with Gasteiger partial charge in [-0.15, -0.1) is 5.10 Å². The Morgan fingerprint density at radius 1 is 1.42 bits per heavy atom. The Balaban J connectivity index is 1.68. The molecule has 130 valence electrons. The molecule has 6 nitrogen and oxygen atoms in total. The predicted octanol–water partition coefficient (Wildman–Crippen LogP) is 2.27. The summed E-state index contributed by atoms with van der Waals surface area (Å²) in [6.07, 6.45) is 4.87. The smallest absolute Gasteiger partial charge is 0.124 e. The van der Waals surface area contributed by atoms with Gasteiger partial charge in [-0.25, -0.2) is 4.68 Å². The van der Waals surface area contributed by atoms with Gasteiger partial charge in [0, 0.05) is 24.3 Å². The van der Waals surface area contributed by atoms with Crippen molar-refractivity contribution >= 4 is 0 Å². The lowest BCUT2D eigenvalue weighted by Crippen LogP contribution is -2.33. The summed E-state index contributed by atoms with van der Waals surface area (Å²) in [4.78, 5) is 0. The van der Waals surface area contributed by atoms with Crippen molar-refractivity contribution in [3.05, 3.63) is 41.7 Å². The zero-order chi connectivity index (χ0) is 16.9. The fourth-order valence-electron chi connectivity index (χ4n) is 3.06. The lowest BCUT2D eigenvalue weighted by atomic mass is 9.95. The first kappa shape index (κ1) is 16.9. The summed E-state index contributed by atoms with van der Waals surface area (Å²) in [5.74, 6) is 1.44. The predicted molar refractivity (Wildman–Crippen MR) is 92.0 cm³/mol. The molecule has 2 atom stereocenters. The molecule has 24 heavy (non-hydrogen) atoms. The first-order valence-corrected chi connectivity index (χ1v) is 8.65. The van der Waals surface area contributed by atoms with E-state index in [1.54, 1.807) is 17.1 Å². The summed E-state index contributed by atoms with van der Waals surface area (Å²) in [6, 6.07) is 6.67. The Labute approximate surface area is 142 Å². The quantitative estimate of drug-likeness (QED) is 0.850. The van der Waals surface area contributed by atoms with Crippen LogP contribution in [0.5, 0.6) is 5.75 Å². The van der Waals surface area contributed by atoms with E-state index in [0.29, 0.717) is 19.0 Å². The number of aromatic nitrogens is 3. The van der Waals surface area contributed by atoms with Crippen LogP contribution in [0.4, 0.5) is 0 Å². The highest BCUT2D eigenvalue weighted by molar-refractivity contribution is 5.41. The molecule has 1 aromatic heterocycles. The number of hydrogen-bond acceptors (Lipinski definition) is 5. The van der Waals surface area contributed by atoms with E-state index in [0.717, 1.165) is 25.2 Å². The molecule has 1 aliphatic rings. The number of fused-ring (bicyclic) bond motifs is 1. The van der Waals surface area contributed by atoms with Crippen LogP contribution < -0.4 is 10.1 Å². The molecule has 0 radical (unpaired) electrons. The zero-order valence-electron chi connectivity index (χ0n) is 14.4. The Kier molecular flexibility index (Phi) is 5.48. The summed E-state index contributed by atoms with van der Waals surface area (Å²) in [7, 11) is 0. The van der Waals surface area contributed by atoms with E-state index in [1.807, 2.05) is 0 Å². The molecular weight excluding hydrogens is 304 g/mol. The Morgan fingerprint density at radius 2 is 2.29 bits per heavy atom. The maximum absolute atomic E-state index is 10.2. The maximum Gasteiger partial charge on any atom is 0.124 e. The van der Waals surface area contributed by atoms with Gasteiger partial charge in [-0.3, -0.25) is 0 Å². The average Bonchev–Trinajstić information content (AvgIpc) is 2.98. The minimum absolute atomic E-state index is 0.201. The summed E-state index contributed by atoms with van der Waals surface area (Å²) < 4.78 is 7.53. The minimum Gasteiger partial charge on any atom is -0.493 e. The highest BCUT2D eigenvalue weighted by Crippen LogP contribution is 2.33. The Bertz CT molecular complexity index is 642. The number of nitrogens with one attached hydrogen (secondary N) is 1. The molecule has 6 heteroatoms. The van der Waals surface area contributed by atoms with Gasteiger partial charge < -0.3 is 15.2 Å². The minimum atomic E-state index is -0.507. The molecule has 0 bridgehead atoms. The molecular formula is C18H26N4O2. The molecule has 0 fully saturated rings. The van der Waals surface area contributed by atoms with E-state index in [9.17, 15) is 5.11 Å². The number of nitrogens with zero attached hydrogens (tertiary/aromatic N) is 3. The molecule has 0 saturated heterocycles. The Morgan fingerprint density at radius 3 is 3.04 bits per heavy atom. The topological polar surface area (TPSA) is 72.2 Å². The molecule has 0 saturated carbocycles. The van der Waals surface area contributed by atoms with Crippen molar-refractivity contribution in [2.45, 2.75) is 51.3 Å². The van der Waals surface area contributed by atoms with Gasteiger partial charge >= 0.3 is 0 Å². The van der Waals surface area contributed by atoms with Crippen molar-refractivity contribution in [2.24, 2.45) is 0 Å². The van der Waals surface area contributed by atoms with E-state index in [-0.39, 0.29) is 6.04 Å². The third kappa shape index (κ3) is 4.13. The molecule has 2 unspecified atom stereocenters. The number of rotatable bonds is 6. The van der Waals surface area contributed by atoms with Gasteiger partial charge in [0.05, 0.1) is 25.5 Å². The van der Waals surface area contributed by atoms with Crippen LogP contribution in [0.1, 0.15) is 49.8 Å². The van der Waals surface area contributed by atoms with Gasteiger partial charge in [0.15, 0.2) is 0 Å². The first-order valence-electron chi connectivity index (χ1n) is 8.65. The molecule has 0 amide bonds. The molecule has 1 aliphatic heterocycles. The highest BCUT2D eigenvalue weighted by atomic mass is 16.5. The molecule has 2 heterocycles. The molecule has 3 rings (SSSR count). The Hall–Kier alpha value is -1.92. The largest absolute Gasteiger partial charge is 0.493 e. The van der Waals surface area contributed by atoms with Crippen LogP contribution in [0.2, 0.25) is 0 Å². The molecule has 0 aliphatic carbocycles. The van der Waals surface area contributed by atoms with Crippen LogP contribution in [0.3, 0.4) is 0 Å². The lowest BCUT2D eigenvalue weighted by molar-refractivity contribution is 0.141. The van der Waals surface area contributed by atoms with Gasteiger partial charge in [0.2, 0.25) is 0 Å². The summed E-state index contributed by atoms with van der Waals surface area (Å²) in [5, 5.41) is 21.4. The lowest BCUT2D eigenvalue weighted by Gasteiger charge is -2.22. The van der Waals surface area contributed by atoms with Crippen LogP contribution in [0, 0.1) is 0 Å². The van der Waals surface area contributed by atoms with Crippen LogP contribution in [0.15, 0.2) is 30.6 Å². The standard InChI is InChI=1S/C18H26N4O2/c1-13(2)14-5-6-18-16(10-14)17(4-3-9-24-18)19-11-15(23)12-22-8-7-20-21-22/h5-8,10,13,15,17,19,23H,3-4,9,11-12H2,1-2H3. The third-order valence-corrected chi connectivity index (χ3v) is 4.44. The number of benzene rings is 1. The van der Waals surface area contributed by atoms with Crippen molar-refractivity contribution < 1.29 is 9.84 Å². The number of aliphatic hydroxyl groups excluding tert-OH is 1. The van der Waals surface area contributed by atoms with Crippen molar-refractivity contribution in [1.29, 1.82) is 0 Å². The fourth-order valence-corrected chi connectivity index (χ4v) is 3.06. The van der Waals surface area contributed by atoms with Crippen LogP contribution in [-0.4, -0.2) is 39.4 Å². The van der Waals surface area contributed by atoms with Gasteiger partial charge in [0.25, 0.3) is 0 Å². The maximum atomic E-state index is 10.2. The van der Waals surface area contributed by atoms with Crippen LogP contribution >= 0.6 is 0 Å². The van der Waals surface area contributed by atoms with E-state index in [4.69, 9.17) is 4.74 Å². The molecule has 2 aromatic rings. The molecule has 2 N–H and O–H groups in total. The van der Waals surface area contributed by atoms with Crippen LogP contribution in [0.25, 0.3) is 0 Å². The van der Waals surface area contributed by atoms with E-state index in [2.05, 4.69) is 47.7 Å². The van der Waals surface area contributed by atoms with Crippen molar-refractivity contribution in [1.82, 2.24) is 20.3 Å². The summed E-state index contributed by atoms with van der Waals surface area (Å²) in [5.41, 5.74) is 2.51. The van der Waals surface area contributed by atoms with Gasteiger partial charge in [-0.2, -0.15) is 0 Å². The van der Waals surface area contributed by atoms with Crippen LogP contribution in [-0.2, 0) is 6.54 Å². The second kappa shape index (κ2) is 7.77. The SMILES string of the molecule is CC(C)c1ccc2c(c1)C(NCC(O)Cn1ccnn1)CCCO2. The van der Waals surface area contributed by atoms with Crippen molar-refractivity contribution in [3.8, 4) is 5.75 Å². The van der Waals surface area contributed by atoms with Gasteiger partial charge in [0.1, 0.15) is 5.75 Å². The second-order valence-electron chi connectivity index (χ2n) is 6.68. The fraction of sp³-hybridized carbons (Fsp3) is 0.556. The molecule has 1 aromatic carbocycles. The van der Waals surface area contributed by atoms with Crippen molar-refractivity contribution in [2.75, 3.05) is 13.2 Å². The first-order chi connectivity index (χ1) is 11.6. The summed E-state index contributed by atoms with van der Waals surface area (Å²) >= 11 is 0. The van der Waals surface area contributed by atoms with E-state index in [1.165, 1.54) is 11.1 Å². The average molecular weight is 330 g/mol. The second-order valence-corrected chi connectivity index (χ2v) is 6.68. The highest BCUT2D eigenvalue weighted by Gasteiger charge is 2.21. The van der Waals surface area contributed by atoms with E-state index >= 15 is 0 Å². The zero-order valence-corrected chi connectivity index (χ0v) is 14.4. The number of aliphatic hydroxyl groups is 1. The normalized spacial score (nSPS) is 18.8. The van der Waals surface area contributed by atoms with Gasteiger partial charge in [-0.05, 0) is 30.4 Å². The molecule has 0 spiro atoms. The van der Waals surface area contributed by atoms with Crippen molar-refractivity contribution in [3.63, 3.8) is 0 Å². The van der Waals surface area contributed by atoms with E-state index < -0.39 is 6.10 Å². The number of hydrogen-bond donors (Lipinski definition) is 2. The number of ether oxygens (including phenoxy) is 1. The third-order valence-electron chi connectivity index (χ3n) is 4.44. The summed E-state index contributed by atoms with van der Waals surface area (Å²) in [6.45, 7) is 6.09.